The van der Waals surface area contributed by atoms with E-state index in [1.54, 1.807) is 146 Å². The van der Waals surface area contributed by atoms with Crippen LogP contribution in [0.15, 0.2) is 142 Å². The molecule has 10 nitrogen and oxygen atoms in total. The van der Waals surface area contributed by atoms with Crippen molar-refractivity contribution in [2.24, 2.45) is 15.0 Å². The van der Waals surface area contributed by atoms with E-state index in [2.05, 4.69) is 19.9 Å². The molecule has 0 atom stereocenters. The van der Waals surface area contributed by atoms with Gasteiger partial charge in [0.15, 0.2) is 0 Å². The molecule has 0 aliphatic heterocycles. The van der Waals surface area contributed by atoms with E-state index in [1.165, 1.54) is 0 Å². The van der Waals surface area contributed by atoms with E-state index in [0.29, 0.717) is 89.3 Å². The molecule has 0 spiro atoms. The molecule has 0 radical (unpaired) electrons. The van der Waals surface area contributed by atoms with Gasteiger partial charge in [-0.1, -0.05) is 91.0 Å². The van der Waals surface area contributed by atoms with Crippen LogP contribution in [-0.4, -0.2) is 93.5 Å². The van der Waals surface area contributed by atoms with Crippen molar-refractivity contribution in [3.05, 3.63) is 144 Å². The van der Waals surface area contributed by atoms with Gasteiger partial charge in [0, 0.05) is 88.3 Å². The van der Waals surface area contributed by atoms with Crippen LogP contribution < -0.4 is 0 Å². The van der Waals surface area contributed by atoms with Gasteiger partial charge in [0.25, 0.3) is 0 Å². The summed E-state index contributed by atoms with van der Waals surface area (Å²) in [5, 5.41) is 63.9. The van der Waals surface area contributed by atoms with Gasteiger partial charge in [-0.15, -0.1) is 0 Å². The lowest BCUT2D eigenvalue weighted by Gasteiger charge is -2.19. The number of phenolic OH excluding ortho intramolecular Hbond substituents is 6. The van der Waals surface area contributed by atoms with Crippen LogP contribution in [-0.2, 0) is 0 Å². The average Bonchev–Trinajstić information content (AvgIpc) is 3.19. The van der Waals surface area contributed by atoms with Gasteiger partial charge in [0.1, 0.15) is 34.5 Å². The maximum absolute atomic E-state index is 11.0. The molecule has 0 unspecified atom stereocenters. The Kier molecular flexibility index (Phi) is 12.5. The zero-order chi connectivity index (χ0) is 38.6. The number of benzene rings is 6. The van der Waals surface area contributed by atoms with Crippen LogP contribution in [0.4, 0.5) is 0 Å². The Morgan fingerprint density at radius 3 is 0.909 bits per heavy atom. The summed E-state index contributed by atoms with van der Waals surface area (Å²) in [6.07, 6.45) is 4.86. The van der Waals surface area contributed by atoms with Crippen LogP contribution in [0, 0.1) is 0 Å². The maximum Gasteiger partial charge on any atom is 0.132 e. The third-order valence-electron chi connectivity index (χ3n) is 9.11. The highest BCUT2D eigenvalue weighted by Crippen LogP contribution is 2.38. The highest BCUT2D eigenvalue weighted by atomic mass is 16.3. The summed E-state index contributed by atoms with van der Waals surface area (Å²) in [5.41, 5.74) is 4.68. The topological polar surface area (TPSA) is 162 Å². The van der Waals surface area contributed by atoms with Crippen LogP contribution in [0.2, 0.25) is 0 Å². The number of aliphatic imine (C=N–C) groups is 3. The van der Waals surface area contributed by atoms with Gasteiger partial charge < -0.3 is 30.6 Å². The first-order valence-electron chi connectivity index (χ1n) is 17.8. The number of hydrogen-bond donors (Lipinski definition) is 6. The van der Waals surface area contributed by atoms with Gasteiger partial charge in [-0.05, 0) is 36.4 Å². The van der Waals surface area contributed by atoms with Crippen LogP contribution in [0.5, 0.6) is 34.5 Å². The molecular weight excluding hydrogens is 693 g/mol. The first kappa shape index (κ1) is 37.8. The SMILES string of the molecule is Oc1ccccc1-c1cccc(C=NCCN(CCN=Cc2cccc(-c3ccccc3O)c2O)CCN=Cc2cccc(-c3ccccc3O)c2O)c1O. The van der Waals surface area contributed by atoms with E-state index in [9.17, 15) is 30.6 Å². The van der Waals surface area contributed by atoms with Crippen molar-refractivity contribution in [2.45, 2.75) is 0 Å². The fourth-order valence-electron chi connectivity index (χ4n) is 6.17. The molecule has 55 heavy (non-hydrogen) atoms. The predicted molar refractivity (Wildman–Crippen MR) is 219 cm³/mol. The van der Waals surface area contributed by atoms with Crippen LogP contribution >= 0.6 is 0 Å². The summed E-state index contributed by atoms with van der Waals surface area (Å²) in [7, 11) is 0. The largest absolute Gasteiger partial charge is 0.507 e. The van der Waals surface area contributed by atoms with Gasteiger partial charge in [-0.3, -0.25) is 19.9 Å². The minimum Gasteiger partial charge on any atom is -0.507 e. The van der Waals surface area contributed by atoms with E-state index in [0.717, 1.165) is 0 Å². The van der Waals surface area contributed by atoms with E-state index in [-0.39, 0.29) is 34.5 Å². The third kappa shape index (κ3) is 9.37. The van der Waals surface area contributed by atoms with Crippen LogP contribution in [0.25, 0.3) is 33.4 Å². The molecule has 0 heterocycles. The van der Waals surface area contributed by atoms with Gasteiger partial charge in [0.05, 0.1) is 19.6 Å². The molecule has 0 saturated heterocycles. The van der Waals surface area contributed by atoms with Crippen molar-refractivity contribution in [2.75, 3.05) is 39.3 Å². The second-order valence-electron chi connectivity index (χ2n) is 12.7. The molecule has 6 rings (SSSR count). The normalized spacial score (nSPS) is 11.7. The highest BCUT2D eigenvalue weighted by molar-refractivity contribution is 5.91. The quantitative estimate of drug-likeness (QED) is 0.0585. The lowest BCUT2D eigenvalue weighted by molar-refractivity contribution is 0.298. The van der Waals surface area contributed by atoms with Crippen LogP contribution in [0.3, 0.4) is 0 Å². The van der Waals surface area contributed by atoms with Gasteiger partial charge in [-0.25, -0.2) is 0 Å². The molecule has 0 fully saturated rings. The summed E-state index contributed by atoms with van der Waals surface area (Å²) in [6, 6.07) is 36.4. The number of para-hydroxylation sites is 6. The standard InChI is InChI=1S/C45H42N4O6/c50-40-19-4-1-13-34(40)37-16-7-10-31(43(37)53)28-46-22-25-49(26-23-47-29-32-11-8-17-38(44(32)54)35-14-2-5-20-41(35)51)27-24-48-30-33-12-9-18-39(45(33)55)36-15-3-6-21-42(36)52/h1-21,28-30,50-55H,22-27H2. The lowest BCUT2D eigenvalue weighted by atomic mass is 10.0. The Morgan fingerprint density at radius 2 is 0.618 bits per heavy atom. The highest BCUT2D eigenvalue weighted by Gasteiger charge is 2.14. The Balaban J connectivity index is 1.13. The zero-order valence-corrected chi connectivity index (χ0v) is 30.1. The minimum atomic E-state index is 0.0258. The molecule has 278 valence electrons. The smallest absolute Gasteiger partial charge is 0.132 e. The molecule has 0 aromatic heterocycles. The van der Waals surface area contributed by atoms with E-state index in [1.807, 2.05) is 0 Å². The third-order valence-corrected chi connectivity index (χ3v) is 9.11. The monoisotopic (exact) mass is 734 g/mol. The molecule has 0 aliphatic rings. The fourth-order valence-corrected chi connectivity index (χ4v) is 6.17. The number of nitrogens with zero attached hydrogens (tertiary/aromatic N) is 4. The fraction of sp³-hybridized carbons (Fsp3) is 0.133. The van der Waals surface area contributed by atoms with Crippen molar-refractivity contribution < 1.29 is 30.6 Å². The van der Waals surface area contributed by atoms with Gasteiger partial charge >= 0.3 is 0 Å². The summed E-state index contributed by atoms with van der Waals surface area (Å²) in [6.45, 7) is 2.93. The van der Waals surface area contributed by atoms with Crippen molar-refractivity contribution in [3.8, 4) is 67.9 Å². The molecule has 0 aliphatic carbocycles. The molecule has 0 saturated carbocycles. The molecule has 6 N–H and O–H groups in total. The Hall–Kier alpha value is -6.91. The summed E-state index contributed by atoms with van der Waals surface area (Å²) in [5.74, 6) is 0.299. The molecular formula is C45H42N4O6. The summed E-state index contributed by atoms with van der Waals surface area (Å²) < 4.78 is 0. The first-order valence-corrected chi connectivity index (χ1v) is 17.8. The second kappa shape index (κ2) is 18.2. The minimum absolute atomic E-state index is 0.0258. The molecule has 10 heteroatoms. The number of aromatic hydroxyl groups is 6. The number of rotatable bonds is 15. The predicted octanol–water partition coefficient (Wildman–Crippen LogP) is 7.88. The molecule has 0 bridgehead atoms. The average molecular weight is 735 g/mol. The van der Waals surface area contributed by atoms with Crippen molar-refractivity contribution in [3.63, 3.8) is 0 Å². The van der Waals surface area contributed by atoms with E-state index >= 15 is 0 Å². The van der Waals surface area contributed by atoms with Crippen molar-refractivity contribution in [1.29, 1.82) is 0 Å². The summed E-state index contributed by atoms with van der Waals surface area (Å²) >= 11 is 0. The van der Waals surface area contributed by atoms with Gasteiger partial charge in [0.2, 0.25) is 0 Å². The maximum atomic E-state index is 11.0. The van der Waals surface area contributed by atoms with Gasteiger partial charge in [-0.2, -0.15) is 0 Å². The van der Waals surface area contributed by atoms with E-state index < -0.39 is 0 Å². The molecule has 0 amide bonds. The molecule has 6 aromatic rings. The second-order valence-corrected chi connectivity index (χ2v) is 12.7. The number of hydrogen-bond acceptors (Lipinski definition) is 10. The zero-order valence-electron chi connectivity index (χ0n) is 30.1. The Bertz CT molecular complexity index is 2080. The van der Waals surface area contributed by atoms with Crippen molar-refractivity contribution in [1.82, 2.24) is 4.90 Å². The lowest BCUT2D eigenvalue weighted by Crippen LogP contribution is -2.31. The summed E-state index contributed by atoms with van der Waals surface area (Å²) in [4.78, 5) is 15.9. The first-order chi connectivity index (χ1) is 26.8. The number of phenols is 6. The Morgan fingerprint density at radius 1 is 0.345 bits per heavy atom. The molecule has 6 aromatic carbocycles. The van der Waals surface area contributed by atoms with Crippen molar-refractivity contribution >= 4 is 18.6 Å². The van der Waals surface area contributed by atoms with Crippen LogP contribution in [0.1, 0.15) is 16.7 Å². The van der Waals surface area contributed by atoms with E-state index in [4.69, 9.17) is 0 Å². The Labute approximate surface area is 319 Å².